The SMILES string of the molecule is CC(=O)COCCc1ccc(C2CCCC(Oc3ccc(C#N)cc3)C2)cc1. The summed E-state index contributed by atoms with van der Waals surface area (Å²) in [5, 5.41) is 8.90. The van der Waals surface area contributed by atoms with Crippen LogP contribution in [0.1, 0.15) is 55.2 Å². The second kappa shape index (κ2) is 10.1. The summed E-state index contributed by atoms with van der Waals surface area (Å²) in [5.41, 5.74) is 3.25. The Morgan fingerprint density at radius 3 is 2.54 bits per heavy atom. The van der Waals surface area contributed by atoms with E-state index < -0.39 is 0 Å². The summed E-state index contributed by atoms with van der Waals surface area (Å²) in [4.78, 5) is 10.9. The quantitative estimate of drug-likeness (QED) is 0.619. The molecule has 2 aromatic rings. The number of ether oxygens (including phenoxy) is 2. The monoisotopic (exact) mass is 377 g/mol. The number of ketones is 1. The Kier molecular flexibility index (Phi) is 7.22. The zero-order chi connectivity index (χ0) is 19.8. The number of benzene rings is 2. The minimum atomic E-state index is 0.0606. The Morgan fingerprint density at radius 2 is 1.86 bits per heavy atom. The van der Waals surface area contributed by atoms with Crippen LogP contribution < -0.4 is 4.74 Å². The summed E-state index contributed by atoms with van der Waals surface area (Å²) in [5.74, 6) is 1.41. The molecule has 0 aromatic heterocycles. The van der Waals surface area contributed by atoms with Gasteiger partial charge in [-0.05, 0) is 80.3 Å². The smallest absolute Gasteiger partial charge is 0.155 e. The van der Waals surface area contributed by atoms with Crippen LogP contribution in [0.5, 0.6) is 5.75 Å². The first-order chi connectivity index (χ1) is 13.6. The second-order valence-corrected chi connectivity index (χ2v) is 7.49. The van der Waals surface area contributed by atoms with Gasteiger partial charge in [0.05, 0.1) is 24.3 Å². The summed E-state index contributed by atoms with van der Waals surface area (Å²) < 4.78 is 11.5. The van der Waals surface area contributed by atoms with Crippen molar-refractivity contribution in [3.63, 3.8) is 0 Å². The van der Waals surface area contributed by atoms with Crippen LogP contribution in [-0.2, 0) is 16.0 Å². The number of nitrogens with zero attached hydrogens (tertiary/aromatic N) is 1. The molecule has 0 heterocycles. The van der Waals surface area contributed by atoms with Gasteiger partial charge in [-0.15, -0.1) is 0 Å². The van der Waals surface area contributed by atoms with E-state index in [1.54, 1.807) is 12.1 Å². The van der Waals surface area contributed by atoms with E-state index in [0.717, 1.165) is 31.4 Å². The zero-order valence-electron chi connectivity index (χ0n) is 16.4. The van der Waals surface area contributed by atoms with Gasteiger partial charge in [0.2, 0.25) is 0 Å². The van der Waals surface area contributed by atoms with E-state index in [0.29, 0.717) is 18.1 Å². The van der Waals surface area contributed by atoms with Gasteiger partial charge in [-0.25, -0.2) is 0 Å². The van der Waals surface area contributed by atoms with Crippen molar-refractivity contribution in [1.29, 1.82) is 5.26 Å². The highest BCUT2D eigenvalue weighted by molar-refractivity contribution is 5.76. The molecule has 1 fully saturated rings. The first-order valence-electron chi connectivity index (χ1n) is 9.97. The maximum Gasteiger partial charge on any atom is 0.155 e. The molecular formula is C24H27NO3. The number of nitriles is 1. The van der Waals surface area contributed by atoms with Crippen LogP contribution in [0.25, 0.3) is 0 Å². The molecule has 4 nitrogen and oxygen atoms in total. The van der Waals surface area contributed by atoms with Gasteiger partial charge in [-0.3, -0.25) is 4.79 Å². The molecule has 0 N–H and O–H groups in total. The van der Waals surface area contributed by atoms with E-state index in [-0.39, 0.29) is 18.5 Å². The Morgan fingerprint density at radius 1 is 1.11 bits per heavy atom. The molecule has 1 aliphatic carbocycles. The second-order valence-electron chi connectivity index (χ2n) is 7.49. The van der Waals surface area contributed by atoms with Gasteiger partial charge >= 0.3 is 0 Å². The van der Waals surface area contributed by atoms with Crippen LogP contribution in [0.15, 0.2) is 48.5 Å². The molecule has 0 bridgehead atoms. The molecule has 0 spiro atoms. The zero-order valence-corrected chi connectivity index (χ0v) is 16.4. The lowest BCUT2D eigenvalue weighted by molar-refractivity contribution is -0.121. The molecule has 2 unspecified atom stereocenters. The number of carbonyl (C=O) groups is 1. The number of hydrogen-bond donors (Lipinski definition) is 0. The molecule has 3 rings (SSSR count). The summed E-state index contributed by atoms with van der Waals surface area (Å²) in [6, 6.07) is 18.3. The highest BCUT2D eigenvalue weighted by atomic mass is 16.5. The van der Waals surface area contributed by atoms with E-state index in [1.165, 1.54) is 24.5 Å². The third-order valence-electron chi connectivity index (χ3n) is 5.20. The fourth-order valence-corrected chi connectivity index (χ4v) is 3.72. The van der Waals surface area contributed by atoms with Gasteiger partial charge in [0, 0.05) is 0 Å². The number of rotatable bonds is 8. The molecule has 1 aliphatic rings. The fourth-order valence-electron chi connectivity index (χ4n) is 3.72. The van der Waals surface area contributed by atoms with Crippen molar-refractivity contribution in [1.82, 2.24) is 0 Å². The molecule has 4 heteroatoms. The Bertz CT molecular complexity index is 805. The predicted molar refractivity (Wildman–Crippen MR) is 108 cm³/mol. The molecular weight excluding hydrogens is 350 g/mol. The largest absolute Gasteiger partial charge is 0.490 e. The standard InChI is InChI=1S/C24H27NO3/c1-18(26)17-27-14-13-19-5-9-21(10-6-19)22-3-2-4-24(15-22)28-23-11-7-20(16-25)8-12-23/h5-12,22,24H,2-4,13-15,17H2,1H3. The molecule has 0 saturated heterocycles. The van der Waals surface area contributed by atoms with Gasteiger partial charge in [0.15, 0.2) is 5.78 Å². The molecule has 0 radical (unpaired) electrons. The molecule has 2 atom stereocenters. The van der Waals surface area contributed by atoms with E-state index in [2.05, 4.69) is 30.3 Å². The lowest BCUT2D eigenvalue weighted by Crippen LogP contribution is -2.24. The minimum Gasteiger partial charge on any atom is -0.490 e. The van der Waals surface area contributed by atoms with Crippen molar-refractivity contribution in [3.8, 4) is 11.8 Å². The predicted octanol–water partition coefficient (Wildman–Crippen LogP) is 4.81. The molecule has 2 aromatic carbocycles. The van der Waals surface area contributed by atoms with Crippen LogP contribution >= 0.6 is 0 Å². The Hall–Kier alpha value is -2.64. The van der Waals surface area contributed by atoms with Gasteiger partial charge in [-0.1, -0.05) is 24.3 Å². The summed E-state index contributed by atoms with van der Waals surface area (Å²) in [6.07, 6.45) is 5.47. The minimum absolute atomic E-state index is 0.0606. The van der Waals surface area contributed by atoms with Gasteiger partial charge < -0.3 is 9.47 Å². The number of carbonyl (C=O) groups excluding carboxylic acids is 1. The van der Waals surface area contributed by atoms with E-state index in [1.807, 2.05) is 12.1 Å². The van der Waals surface area contributed by atoms with E-state index in [4.69, 9.17) is 14.7 Å². The third-order valence-corrected chi connectivity index (χ3v) is 5.20. The number of Topliss-reactive ketones (excluding diaryl/α,β-unsaturated/α-hetero) is 1. The average Bonchev–Trinajstić information content (AvgIpc) is 2.72. The maximum atomic E-state index is 10.9. The highest BCUT2D eigenvalue weighted by Gasteiger charge is 2.24. The van der Waals surface area contributed by atoms with E-state index >= 15 is 0 Å². The first kappa shape index (κ1) is 20.1. The molecule has 1 saturated carbocycles. The summed E-state index contributed by atoms with van der Waals surface area (Å²) in [7, 11) is 0. The third kappa shape index (κ3) is 5.94. The lowest BCUT2D eigenvalue weighted by atomic mass is 9.82. The van der Waals surface area contributed by atoms with Crippen LogP contribution in [0, 0.1) is 11.3 Å². The van der Waals surface area contributed by atoms with Gasteiger partial charge in [0.1, 0.15) is 12.4 Å². The average molecular weight is 377 g/mol. The summed E-state index contributed by atoms with van der Waals surface area (Å²) >= 11 is 0. The number of hydrogen-bond acceptors (Lipinski definition) is 4. The van der Waals surface area contributed by atoms with Crippen molar-refractivity contribution in [2.24, 2.45) is 0 Å². The normalized spacial score (nSPS) is 19.0. The van der Waals surface area contributed by atoms with Crippen molar-refractivity contribution < 1.29 is 14.3 Å². The van der Waals surface area contributed by atoms with Crippen molar-refractivity contribution in [2.45, 2.75) is 51.0 Å². The summed E-state index contributed by atoms with van der Waals surface area (Å²) in [6.45, 7) is 2.31. The Balaban J connectivity index is 1.51. The fraction of sp³-hybridized carbons (Fsp3) is 0.417. The van der Waals surface area contributed by atoms with Gasteiger partial charge in [-0.2, -0.15) is 5.26 Å². The molecule has 28 heavy (non-hydrogen) atoms. The van der Waals surface area contributed by atoms with E-state index in [9.17, 15) is 4.79 Å². The maximum absolute atomic E-state index is 10.9. The van der Waals surface area contributed by atoms with Gasteiger partial charge in [0.25, 0.3) is 0 Å². The lowest BCUT2D eigenvalue weighted by Gasteiger charge is -2.30. The van der Waals surface area contributed by atoms with Crippen molar-refractivity contribution >= 4 is 5.78 Å². The van der Waals surface area contributed by atoms with Crippen LogP contribution in [-0.4, -0.2) is 25.1 Å². The van der Waals surface area contributed by atoms with Crippen molar-refractivity contribution in [2.75, 3.05) is 13.2 Å². The topological polar surface area (TPSA) is 59.3 Å². The first-order valence-corrected chi connectivity index (χ1v) is 9.97. The van der Waals surface area contributed by atoms with Crippen molar-refractivity contribution in [3.05, 3.63) is 65.2 Å². The van der Waals surface area contributed by atoms with Crippen LogP contribution in [0.2, 0.25) is 0 Å². The molecule has 146 valence electrons. The highest BCUT2D eigenvalue weighted by Crippen LogP contribution is 2.35. The molecule has 0 aliphatic heterocycles. The molecule has 0 amide bonds. The Labute approximate surface area is 167 Å². The van der Waals surface area contributed by atoms with Crippen LogP contribution in [0.3, 0.4) is 0 Å². The van der Waals surface area contributed by atoms with Crippen LogP contribution in [0.4, 0.5) is 0 Å².